The second-order valence-corrected chi connectivity index (χ2v) is 9.64. The number of carbonyl (C=O) groups is 1. The number of ether oxygens (including phenoxy) is 4. The fourth-order valence-electron chi connectivity index (χ4n) is 5.14. The molecule has 8 heteroatoms. The van der Waals surface area contributed by atoms with Crippen molar-refractivity contribution in [3.8, 4) is 23.0 Å². The molecule has 2 aliphatic heterocycles. The van der Waals surface area contributed by atoms with Crippen LogP contribution in [0.4, 0.5) is 0 Å². The second-order valence-electron chi connectivity index (χ2n) is 9.64. The first-order valence-electron chi connectivity index (χ1n) is 12.6. The number of amides is 1. The number of fused-ring (bicyclic) bond motifs is 3. The van der Waals surface area contributed by atoms with Gasteiger partial charge in [-0.05, 0) is 72.5 Å². The molecule has 0 radical (unpaired) electrons. The molecule has 0 aliphatic carbocycles. The van der Waals surface area contributed by atoms with E-state index in [0.717, 1.165) is 16.7 Å². The predicted octanol–water partition coefficient (Wildman–Crippen LogP) is 5.46. The Hall–Kier alpha value is -4.72. The minimum absolute atomic E-state index is 0.0486. The number of rotatable bonds is 7. The average Bonchev–Trinajstić information content (AvgIpc) is 3.51. The molecule has 4 aromatic rings. The molecule has 3 aromatic carbocycles. The highest BCUT2D eigenvalue weighted by Crippen LogP contribution is 2.42. The van der Waals surface area contributed by atoms with Crippen LogP contribution in [0.3, 0.4) is 0 Å². The zero-order chi connectivity index (χ0) is 27.3. The number of nitrogens with zero attached hydrogens (tertiary/aromatic N) is 1. The molecule has 1 amide bonds. The van der Waals surface area contributed by atoms with Crippen LogP contribution in [-0.4, -0.2) is 31.3 Å². The van der Waals surface area contributed by atoms with Gasteiger partial charge in [0.2, 0.25) is 12.6 Å². The van der Waals surface area contributed by atoms with Gasteiger partial charge in [-0.1, -0.05) is 24.8 Å². The van der Waals surface area contributed by atoms with Crippen LogP contribution < -0.4 is 24.4 Å². The Balaban J connectivity index is 1.52. The number of benzene rings is 3. The summed E-state index contributed by atoms with van der Waals surface area (Å²) in [7, 11) is 1.55. The maximum Gasteiger partial charge on any atom is 0.291 e. The molecule has 39 heavy (non-hydrogen) atoms. The van der Waals surface area contributed by atoms with Crippen LogP contribution in [0, 0.1) is 13.8 Å². The van der Waals surface area contributed by atoms with Gasteiger partial charge < -0.3 is 28.3 Å². The first kappa shape index (κ1) is 24.6. The molecule has 0 unspecified atom stereocenters. The van der Waals surface area contributed by atoms with E-state index in [1.807, 2.05) is 50.2 Å². The quantitative estimate of drug-likeness (QED) is 0.296. The molecule has 1 aromatic heterocycles. The standard InChI is InChI=1S/C31H27NO7/c1-5-10-36-22-9-7-20(14-25(22)35-4)28-27-29(33)21-11-17(2)18(3)12-24(21)39-30(27)31(34)32(28)15-19-6-8-23-26(13-19)38-16-37-23/h5-9,11-14,28H,1,10,15-16H2,2-4H3/t28-/m1/s1. The summed E-state index contributed by atoms with van der Waals surface area (Å²) in [5.74, 6) is 1.97. The van der Waals surface area contributed by atoms with Crippen molar-refractivity contribution in [2.75, 3.05) is 20.5 Å². The van der Waals surface area contributed by atoms with E-state index in [1.165, 1.54) is 0 Å². The molecule has 0 saturated heterocycles. The normalized spacial score (nSPS) is 15.5. The summed E-state index contributed by atoms with van der Waals surface area (Å²) in [4.78, 5) is 29.5. The monoisotopic (exact) mass is 525 g/mol. The minimum Gasteiger partial charge on any atom is -0.493 e. The molecule has 6 rings (SSSR count). The van der Waals surface area contributed by atoms with Gasteiger partial charge in [-0.3, -0.25) is 9.59 Å². The average molecular weight is 526 g/mol. The molecule has 0 N–H and O–H groups in total. The number of methoxy groups -OCH3 is 1. The third-order valence-corrected chi connectivity index (χ3v) is 7.23. The van der Waals surface area contributed by atoms with Crippen molar-refractivity contribution in [1.29, 1.82) is 0 Å². The molecule has 0 bridgehead atoms. The number of aryl methyl sites for hydroxylation is 2. The van der Waals surface area contributed by atoms with Crippen molar-refractivity contribution in [1.82, 2.24) is 4.90 Å². The van der Waals surface area contributed by atoms with Crippen LogP contribution >= 0.6 is 0 Å². The first-order chi connectivity index (χ1) is 18.9. The molecule has 1 atom stereocenters. The lowest BCUT2D eigenvalue weighted by molar-refractivity contribution is 0.0714. The molecule has 8 nitrogen and oxygen atoms in total. The Bertz CT molecular complexity index is 1700. The molecule has 0 fully saturated rings. The number of hydrogen-bond donors (Lipinski definition) is 0. The molecular formula is C31H27NO7. The van der Waals surface area contributed by atoms with Gasteiger partial charge in [0.1, 0.15) is 12.2 Å². The molecular weight excluding hydrogens is 498 g/mol. The number of carbonyl (C=O) groups excluding carboxylic acids is 1. The van der Waals surface area contributed by atoms with Crippen LogP contribution in [0.2, 0.25) is 0 Å². The fraction of sp³-hybridized carbons (Fsp3) is 0.226. The fourth-order valence-corrected chi connectivity index (χ4v) is 5.14. The van der Waals surface area contributed by atoms with Crippen molar-refractivity contribution in [2.24, 2.45) is 0 Å². The minimum atomic E-state index is -0.706. The predicted molar refractivity (Wildman–Crippen MR) is 145 cm³/mol. The van der Waals surface area contributed by atoms with Crippen molar-refractivity contribution in [3.05, 3.63) is 105 Å². The van der Waals surface area contributed by atoms with E-state index in [1.54, 1.807) is 30.2 Å². The van der Waals surface area contributed by atoms with Crippen molar-refractivity contribution >= 4 is 16.9 Å². The van der Waals surface area contributed by atoms with Gasteiger partial charge in [-0.15, -0.1) is 0 Å². The van der Waals surface area contributed by atoms with Crippen LogP contribution in [0.25, 0.3) is 11.0 Å². The Morgan fingerprint density at radius 2 is 1.79 bits per heavy atom. The van der Waals surface area contributed by atoms with E-state index >= 15 is 0 Å². The Kier molecular flexibility index (Phi) is 6.02. The highest BCUT2D eigenvalue weighted by atomic mass is 16.7. The Morgan fingerprint density at radius 1 is 1.00 bits per heavy atom. The molecule has 2 aliphatic rings. The summed E-state index contributed by atoms with van der Waals surface area (Å²) >= 11 is 0. The largest absolute Gasteiger partial charge is 0.493 e. The first-order valence-corrected chi connectivity index (χ1v) is 12.6. The molecule has 198 valence electrons. The summed E-state index contributed by atoms with van der Waals surface area (Å²) < 4.78 is 28.5. The van der Waals surface area contributed by atoms with Gasteiger partial charge in [-0.25, -0.2) is 0 Å². The van der Waals surface area contributed by atoms with Gasteiger partial charge in [0.05, 0.1) is 24.1 Å². The van der Waals surface area contributed by atoms with Gasteiger partial charge in [0.25, 0.3) is 5.91 Å². The summed E-state index contributed by atoms with van der Waals surface area (Å²) in [6, 6.07) is 13.9. The molecule has 0 spiro atoms. The van der Waals surface area contributed by atoms with Crippen LogP contribution in [0.5, 0.6) is 23.0 Å². The summed E-state index contributed by atoms with van der Waals surface area (Å²) in [6.45, 7) is 8.26. The van der Waals surface area contributed by atoms with E-state index in [2.05, 4.69) is 6.58 Å². The van der Waals surface area contributed by atoms with Gasteiger partial charge >= 0.3 is 0 Å². The van der Waals surface area contributed by atoms with Crippen LogP contribution in [0.1, 0.15) is 44.4 Å². The maximum absolute atomic E-state index is 14.0. The van der Waals surface area contributed by atoms with Crippen molar-refractivity contribution < 1.29 is 28.2 Å². The Morgan fingerprint density at radius 3 is 2.59 bits per heavy atom. The van der Waals surface area contributed by atoms with E-state index < -0.39 is 6.04 Å². The lowest BCUT2D eigenvalue weighted by atomic mass is 9.97. The second kappa shape index (κ2) is 9.54. The van der Waals surface area contributed by atoms with Crippen molar-refractivity contribution in [3.63, 3.8) is 0 Å². The van der Waals surface area contributed by atoms with E-state index in [4.69, 9.17) is 23.4 Å². The third-order valence-electron chi connectivity index (χ3n) is 7.23. The highest BCUT2D eigenvalue weighted by molar-refractivity contribution is 5.99. The van der Waals surface area contributed by atoms with E-state index in [9.17, 15) is 9.59 Å². The Labute approximate surface area is 225 Å². The topological polar surface area (TPSA) is 87.4 Å². The highest BCUT2D eigenvalue weighted by Gasteiger charge is 2.43. The van der Waals surface area contributed by atoms with Crippen LogP contribution in [0.15, 0.2) is 70.4 Å². The van der Waals surface area contributed by atoms with Gasteiger partial charge in [-0.2, -0.15) is 0 Å². The summed E-state index contributed by atoms with van der Waals surface area (Å²) in [6.07, 6.45) is 1.65. The molecule has 3 heterocycles. The maximum atomic E-state index is 14.0. The molecule has 0 saturated carbocycles. The van der Waals surface area contributed by atoms with E-state index in [-0.39, 0.29) is 30.4 Å². The van der Waals surface area contributed by atoms with Gasteiger partial charge in [0.15, 0.2) is 28.4 Å². The summed E-state index contributed by atoms with van der Waals surface area (Å²) in [5.41, 5.74) is 3.94. The lowest BCUT2D eigenvalue weighted by Crippen LogP contribution is -2.29. The number of hydrogen-bond acceptors (Lipinski definition) is 7. The lowest BCUT2D eigenvalue weighted by Gasteiger charge is -2.26. The van der Waals surface area contributed by atoms with E-state index in [0.29, 0.717) is 51.7 Å². The third kappa shape index (κ3) is 4.09. The van der Waals surface area contributed by atoms with Crippen LogP contribution in [-0.2, 0) is 6.54 Å². The van der Waals surface area contributed by atoms with Gasteiger partial charge in [0, 0.05) is 6.54 Å². The van der Waals surface area contributed by atoms with Crippen molar-refractivity contribution in [2.45, 2.75) is 26.4 Å². The SMILES string of the molecule is C=CCOc1ccc([C@@H]2c3c(oc4cc(C)c(C)cc4c3=O)C(=O)N2Cc2ccc3c(c2)OCO3)cc1OC. The zero-order valence-electron chi connectivity index (χ0n) is 21.9. The smallest absolute Gasteiger partial charge is 0.291 e. The summed E-state index contributed by atoms with van der Waals surface area (Å²) in [5, 5.41) is 0.442. The zero-order valence-corrected chi connectivity index (χ0v) is 21.9.